The zero-order chi connectivity index (χ0) is 15.2. The molecule has 1 N–H and O–H groups in total. The highest BCUT2D eigenvalue weighted by Crippen LogP contribution is 2.15. The minimum atomic E-state index is -4.36. The minimum absolute atomic E-state index is 0.0826. The standard InChI is InChI=1S/C12H13F3O4S/c13-12(14,15)8-19-6-1-7-20(18)10-4-2-9(3-5-10)11(16)17/h2-5H,1,6-8H2,(H,16,17). The van der Waals surface area contributed by atoms with Crippen LogP contribution in [0.1, 0.15) is 16.8 Å². The SMILES string of the molecule is O=C(O)c1ccc(S(=O)CCCOCC(F)(F)F)cc1. The number of hydrogen-bond acceptors (Lipinski definition) is 3. The molecule has 20 heavy (non-hydrogen) atoms. The highest BCUT2D eigenvalue weighted by molar-refractivity contribution is 7.85. The lowest BCUT2D eigenvalue weighted by atomic mass is 10.2. The Balaban J connectivity index is 2.34. The molecule has 0 aliphatic carbocycles. The molecule has 112 valence electrons. The van der Waals surface area contributed by atoms with Crippen LogP contribution in [0.4, 0.5) is 13.2 Å². The second-order valence-corrected chi connectivity index (χ2v) is 5.47. The number of aromatic carboxylic acids is 1. The van der Waals surface area contributed by atoms with Gasteiger partial charge in [-0.15, -0.1) is 0 Å². The zero-order valence-electron chi connectivity index (χ0n) is 10.4. The van der Waals surface area contributed by atoms with E-state index in [9.17, 15) is 22.2 Å². The molecule has 0 aliphatic heterocycles. The Morgan fingerprint density at radius 2 is 1.85 bits per heavy atom. The normalized spacial score (nSPS) is 13.2. The van der Waals surface area contributed by atoms with E-state index in [1.54, 1.807) is 0 Å². The molecule has 1 unspecified atom stereocenters. The van der Waals surface area contributed by atoms with E-state index >= 15 is 0 Å². The smallest absolute Gasteiger partial charge is 0.411 e. The third-order valence-electron chi connectivity index (χ3n) is 2.25. The molecule has 1 aromatic rings. The van der Waals surface area contributed by atoms with Gasteiger partial charge in [0.15, 0.2) is 0 Å². The number of carboxylic acids is 1. The van der Waals surface area contributed by atoms with Crippen LogP contribution in [-0.4, -0.2) is 40.4 Å². The van der Waals surface area contributed by atoms with Crippen molar-refractivity contribution < 1.29 is 32.0 Å². The number of rotatable bonds is 7. The maximum atomic E-state index is 11.8. The van der Waals surface area contributed by atoms with Crippen molar-refractivity contribution in [3.05, 3.63) is 29.8 Å². The van der Waals surface area contributed by atoms with E-state index in [1.807, 2.05) is 0 Å². The number of carboxylic acid groups (broad SMARTS) is 1. The molecular formula is C12H13F3O4S. The van der Waals surface area contributed by atoms with E-state index in [0.29, 0.717) is 4.90 Å². The van der Waals surface area contributed by atoms with E-state index in [-0.39, 0.29) is 24.3 Å². The Morgan fingerprint density at radius 1 is 1.25 bits per heavy atom. The van der Waals surface area contributed by atoms with Gasteiger partial charge in [-0.1, -0.05) is 0 Å². The molecule has 0 saturated heterocycles. The first-order valence-corrected chi connectivity index (χ1v) is 6.98. The van der Waals surface area contributed by atoms with Gasteiger partial charge in [-0.05, 0) is 30.7 Å². The quantitative estimate of drug-likeness (QED) is 0.786. The fourth-order valence-electron chi connectivity index (χ4n) is 1.35. The van der Waals surface area contributed by atoms with Crippen molar-refractivity contribution in [3.63, 3.8) is 0 Å². The van der Waals surface area contributed by atoms with Gasteiger partial charge in [-0.2, -0.15) is 13.2 Å². The van der Waals surface area contributed by atoms with Gasteiger partial charge in [0.1, 0.15) is 6.61 Å². The Bertz CT molecular complexity index is 471. The molecular weight excluding hydrogens is 297 g/mol. The van der Waals surface area contributed by atoms with Crippen LogP contribution in [0.3, 0.4) is 0 Å². The van der Waals surface area contributed by atoms with Crippen molar-refractivity contribution in [2.45, 2.75) is 17.5 Å². The van der Waals surface area contributed by atoms with Gasteiger partial charge >= 0.3 is 12.1 Å². The van der Waals surface area contributed by atoms with Gasteiger partial charge in [0.05, 0.1) is 16.4 Å². The highest BCUT2D eigenvalue weighted by Gasteiger charge is 2.27. The van der Waals surface area contributed by atoms with Crippen LogP contribution >= 0.6 is 0 Å². The highest BCUT2D eigenvalue weighted by atomic mass is 32.2. The maximum absolute atomic E-state index is 11.8. The number of halogens is 3. The Hall–Kier alpha value is -1.41. The predicted molar refractivity (Wildman–Crippen MR) is 66.2 cm³/mol. The Labute approximate surface area is 116 Å². The summed E-state index contributed by atoms with van der Waals surface area (Å²) in [5.41, 5.74) is 0.0826. The van der Waals surface area contributed by atoms with Crippen LogP contribution in [0.5, 0.6) is 0 Å². The average molecular weight is 310 g/mol. The molecule has 0 aliphatic rings. The van der Waals surface area contributed by atoms with Crippen molar-refractivity contribution in [2.24, 2.45) is 0 Å². The molecule has 0 fully saturated rings. The van der Waals surface area contributed by atoms with Crippen LogP contribution in [-0.2, 0) is 15.5 Å². The predicted octanol–water partition coefficient (Wildman–Crippen LogP) is 2.46. The first-order valence-electron chi connectivity index (χ1n) is 5.66. The second kappa shape index (κ2) is 7.39. The third-order valence-corrected chi connectivity index (χ3v) is 3.71. The topological polar surface area (TPSA) is 63.6 Å². The lowest BCUT2D eigenvalue weighted by molar-refractivity contribution is -0.173. The van der Waals surface area contributed by atoms with Crippen LogP contribution in [0.2, 0.25) is 0 Å². The summed E-state index contributed by atoms with van der Waals surface area (Å²) >= 11 is 0. The van der Waals surface area contributed by atoms with Crippen molar-refractivity contribution in [1.29, 1.82) is 0 Å². The maximum Gasteiger partial charge on any atom is 0.411 e. The van der Waals surface area contributed by atoms with Crippen LogP contribution in [0, 0.1) is 0 Å². The van der Waals surface area contributed by atoms with E-state index in [4.69, 9.17) is 5.11 Å². The molecule has 0 spiro atoms. The van der Waals surface area contributed by atoms with Gasteiger partial charge in [-0.3, -0.25) is 4.21 Å². The first-order chi connectivity index (χ1) is 9.29. The first kappa shape index (κ1) is 16.6. The Morgan fingerprint density at radius 3 is 2.35 bits per heavy atom. The Kier molecular flexibility index (Phi) is 6.15. The van der Waals surface area contributed by atoms with Gasteiger partial charge in [0.2, 0.25) is 0 Å². The summed E-state index contributed by atoms with van der Waals surface area (Å²) < 4.78 is 51.5. The lowest BCUT2D eigenvalue weighted by Gasteiger charge is -2.07. The second-order valence-electron chi connectivity index (χ2n) is 3.90. The van der Waals surface area contributed by atoms with Crippen molar-refractivity contribution in [2.75, 3.05) is 19.0 Å². The summed E-state index contributed by atoms with van der Waals surface area (Å²) in [6.07, 6.45) is -4.13. The van der Waals surface area contributed by atoms with Crippen molar-refractivity contribution in [1.82, 2.24) is 0 Å². The third kappa shape index (κ3) is 6.16. The van der Waals surface area contributed by atoms with Gasteiger partial charge in [-0.25, -0.2) is 4.79 Å². The van der Waals surface area contributed by atoms with Crippen LogP contribution in [0.15, 0.2) is 29.2 Å². The van der Waals surface area contributed by atoms with Crippen LogP contribution in [0.25, 0.3) is 0 Å². The van der Waals surface area contributed by atoms with E-state index in [1.165, 1.54) is 24.3 Å². The van der Waals surface area contributed by atoms with E-state index in [0.717, 1.165) is 0 Å². The summed E-state index contributed by atoms with van der Waals surface area (Å²) in [5, 5.41) is 8.70. The number of benzene rings is 1. The summed E-state index contributed by atoms with van der Waals surface area (Å²) in [5.74, 6) is -0.924. The van der Waals surface area contributed by atoms with Gasteiger partial charge < -0.3 is 9.84 Å². The molecule has 8 heteroatoms. The van der Waals surface area contributed by atoms with E-state index in [2.05, 4.69) is 4.74 Å². The molecule has 0 radical (unpaired) electrons. The molecule has 1 rings (SSSR count). The lowest BCUT2D eigenvalue weighted by Crippen LogP contribution is -2.17. The molecule has 1 aromatic carbocycles. The summed E-state index contributed by atoms with van der Waals surface area (Å²) in [6.45, 7) is -1.44. The van der Waals surface area contributed by atoms with Gasteiger partial charge in [0.25, 0.3) is 0 Å². The zero-order valence-corrected chi connectivity index (χ0v) is 11.2. The molecule has 0 saturated carbocycles. The van der Waals surface area contributed by atoms with E-state index < -0.39 is 29.6 Å². The molecule has 0 bridgehead atoms. The largest absolute Gasteiger partial charge is 0.478 e. The van der Waals surface area contributed by atoms with Crippen molar-refractivity contribution >= 4 is 16.8 Å². The molecule has 4 nitrogen and oxygen atoms in total. The van der Waals surface area contributed by atoms with Crippen molar-refractivity contribution in [3.8, 4) is 0 Å². The number of carbonyl (C=O) groups is 1. The summed E-state index contributed by atoms with van der Waals surface area (Å²) in [6, 6.07) is 5.51. The van der Waals surface area contributed by atoms with Gasteiger partial charge in [0, 0.05) is 17.3 Å². The van der Waals surface area contributed by atoms with Crippen LogP contribution < -0.4 is 0 Å². The fraction of sp³-hybridized carbons (Fsp3) is 0.417. The average Bonchev–Trinajstić information content (AvgIpc) is 2.37. The number of ether oxygens (including phenoxy) is 1. The molecule has 0 amide bonds. The molecule has 0 heterocycles. The summed E-state index contributed by atoms with van der Waals surface area (Å²) in [4.78, 5) is 11.1. The fourth-order valence-corrected chi connectivity index (χ4v) is 2.40. The summed E-state index contributed by atoms with van der Waals surface area (Å²) in [7, 11) is -1.38. The minimum Gasteiger partial charge on any atom is -0.478 e. The number of hydrogen-bond donors (Lipinski definition) is 1. The molecule has 1 atom stereocenters. The number of alkyl halides is 3. The molecule has 0 aromatic heterocycles. The monoisotopic (exact) mass is 310 g/mol.